The number of nitrogens with zero attached hydrogens (tertiary/aromatic N) is 2. The highest BCUT2D eigenvalue weighted by molar-refractivity contribution is 5.95. The highest BCUT2D eigenvalue weighted by Gasteiger charge is 2.40. The Kier molecular flexibility index (Phi) is 6.17. The van der Waals surface area contributed by atoms with Crippen molar-refractivity contribution >= 4 is 17.8 Å². The van der Waals surface area contributed by atoms with Gasteiger partial charge in [-0.1, -0.05) is 44.2 Å². The molecule has 0 spiro atoms. The van der Waals surface area contributed by atoms with Gasteiger partial charge in [0.1, 0.15) is 19.1 Å². The number of carbonyl (C=O) groups is 3. The maximum atomic E-state index is 12.7. The summed E-state index contributed by atoms with van der Waals surface area (Å²) in [6.45, 7) is 7.43. The van der Waals surface area contributed by atoms with E-state index in [0.717, 1.165) is 5.56 Å². The largest absolute Gasteiger partial charge is 0.464 e. The summed E-state index contributed by atoms with van der Waals surface area (Å²) in [5, 5.41) is 0. The van der Waals surface area contributed by atoms with Crippen LogP contribution in [0.2, 0.25) is 0 Å². The molecule has 0 bridgehead atoms. The van der Waals surface area contributed by atoms with Crippen LogP contribution in [0.4, 0.5) is 0 Å². The number of amides is 2. The van der Waals surface area contributed by atoms with E-state index in [4.69, 9.17) is 4.74 Å². The van der Waals surface area contributed by atoms with Crippen LogP contribution in [0.1, 0.15) is 39.3 Å². The molecule has 1 aliphatic rings. The Morgan fingerprint density at radius 1 is 1.04 bits per heavy atom. The third-order valence-electron chi connectivity index (χ3n) is 4.50. The molecule has 25 heavy (non-hydrogen) atoms. The van der Waals surface area contributed by atoms with E-state index in [0.29, 0.717) is 0 Å². The van der Waals surface area contributed by atoms with E-state index in [1.54, 1.807) is 11.8 Å². The van der Waals surface area contributed by atoms with Crippen molar-refractivity contribution in [3.05, 3.63) is 35.9 Å². The lowest BCUT2D eigenvalue weighted by Gasteiger charge is -2.41. The van der Waals surface area contributed by atoms with Crippen molar-refractivity contribution in [2.24, 2.45) is 5.92 Å². The van der Waals surface area contributed by atoms with Gasteiger partial charge in [-0.2, -0.15) is 0 Å². The van der Waals surface area contributed by atoms with E-state index in [1.807, 2.05) is 51.1 Å². The average molecular weight is 346 g/mol. The molecule has 0 aromatic heterocycles. The lowest BCUT2D eigenvalue weighted by molar-refractivity contribution is -0.164. The molecule has 2 atom stereocenters. The molecular formula is C19H26N2O4. The fourth-order valence-corrected chi connectivity index (χ4v) is 3.15. The van der Waals surface area contributed by atoms with Crippen molar-refractivity contribution in [3.63, 3.8) is 0 Å². The van der Waals surface area contributed by atoms with Crippen molar-refractivity contribution in [2.75, 3.05) is 19.7 Å². The van der Waals surface area contributed by atoms with Gasteiger partial charge in [0, 0.05) is 0 Å². The first-order valence-corrected chi connectivity index (χ1v) is 8.67. The first kappa shape index (κ1) is 19.0. The zero-order valence-electron chi connectivity index (χ0n) is 15.3. The number of benzene rings is 1. The normalized spacial score (nSPS) is 17.6. The average Bonchev–Trinajstić information content (AvgIpc) is 2.58. The third-order valence-corrected chi connectivity index (χ3v) is 4.50. The molecule has 0 unspecified atom stereocenters. The van der Waals surface area contributed by atoms with Crippen LogP contribution in [0.5, 0.6) is 0 Å². The van der Waals surface area contributed by atoms with E-state index >= 15 is 0 Å². The number of hydrogen-bond acceptors (Lipinski definition) is 4. The van der Waals surface area contributed by atoms with Crippen molar-refractivity contribution in [3.8, 4) is 0 Å². The topological polar surface area (TPSA) is 66.9 Å². The fraction of sp³-hybridized carbons (Fsp3) is 0.526. The molecule has 1 heterocycles. The van der Waals surface area contributed by atoms with Crippen molar-refractivity contribution in [2.45, 2.75) is 39.8 Å². The van der Waals surface area contributed by atoms with Crippen LogP contribution in [-0.4, -0.2) is 53.3 Å². The zero-order chi connectivity index (χ0) is 18.6. The van der Waals surface area contributed by atoms with Crippen molar-refractivity contribution in [1.29, 1.82) is 0 Å². The van der Waals surface area contributed by atoms with E-state index in [1.165, 1.54) is 4.90 Å². The monoisotopic (exact) mass is 346 g/mol. The predicted molar refractivity (Wildman–Crippen MR) is 93.5 cm³/mol. The Hall–Kier alpha value is -2.37. The van der Waals surface area contributed by atoms with E-state index < -0.39 is 12.0 Å². The van der Waals surface area contributed by atoms with Gasteiger partial charge in [-0.05, 0) is 25.3 Å². The molecule has 0 N–H and O–H groups in total. The van der Waals surface area contributed by atoms with Gasteiger partial charge < -0.3 is 14.5 Å². The molecule has 1 aliphatic heterocycles. The molecule has 2 amide bonds. The smallest absolute Gasteiger partial charge is 0.329 e. The second-order valence-corrected chi connectivity index (χ2v) is 6.57. The second kappa shape index (κ2) is 8.14. The molecule has 0 saturated carbocycles. The van der Waals surface area contributed by atoms with Gasteiger partial charge in [0.15, 0.2) is 0 Å². The number of hydrogen-bond donors (Lipinski definition) is 0. The Balaban J connectivity index is 2.17. The minimum Gasteiger partial charge on any atom is -0.464 e. The molecule has 0 radical (unpaired) electrons. The molecule has 2 rings (SSSR count). The third kappa shape index (κ3) is 4.18. The Morgan fingerprint density at radius 2 is 1.60 bits per heavy atom. The first-order chi connectivity index (χ1) is 11.9. The molecule has 0 aliphatic carbocycles. The van der Waals surface area contributed by atoms with Crippen molar-refractivity contribution < 1.29 is 19.1 Å². The maximum absolute atomic E-state index is 12.7. The summed E-state index contributed by atoms with van der Waals surface area (Å²) in [5.74, 6) is -0.975. The van der Waals surface area contributed by atoms with Crippen LogP contribution in [0.25, 0.3) is 0 Å². The summed E-state index contributed by atoms with van der Waals surface area (Å²) in [6, 6.07) is 8.67. The molecule has 6 heteroatoms. The van der Waals surface area contributed by atoms with Gasteiger partial charge in [-0.3, -0.25) is 9.59 Å². The molecular weight excluding hydrogens is 320 g/mol. The van der Waals surface area contributed by atoms with Gasteiger partial charge >= 0.3 is 5.97 Å². The summed E-state index contributed by atoms with van der Waals surface area (Å²) in [7, 11) is 0. The number of ether oxygens (including phenoxy) is 1. The zero-order valence-corrected chi connectivity index (χ0v) is 15.3. The Labute approximate surface area is 148 Å². The number of esters is 1. The predicted octanol–water partition coefficient (Wildman–Crippen LogP) is 2.01. The van der Waals surface area contributed by atoms with Crippen LogP contribution in [0.3, 0.4) is 0 Å². The summed E-state index contributed by atoms with van der Waals surface area (Å²) in [6.07, 6.45) is 0. The SMILES string of the molecule is CCOC(=O)[C@H](C(C)C)N1CC(=O)N([C@@H](C)c2ccccc2)CC1=O. The maximum Gasteiger partial charge on any atom is 0.329 e. The summed E-state index contributed by atoms with van der Waals surface area (Å²) in [4.78, 5) is 40.5. The minimum atomic E-state index is -0.731. The second-order valence-electron chi connectivity index (χ2n) is 6.57. The highest BCUT2D eigenvalue weighted by atomic mass is 16.5. The standard InChI is InChI=1S/C19H26N2O4/c1-5-25-19(24)18(13(2)3)21-12-16(22)20(11-17(21)23)14(4)15-9-7-6-8-10-15/h6-10,13-14,18H,5,11-12H2,1-4H3/t14-,18-/m0/s1. The van der Waals surface area contributed by atoms with Gasteiger partial charge in [-0.15, -0.1) is 0 Å². The number of rotatable bonds is 6. The number of piperazine rings is 1. The van der Waals surface area contributed by atoms with Gasteiger partial charge in [0.05, 0.1) is 12.6 Å². The Bertz CT molecular complexity index is 630. The fourth-order valence-electron chi connectivity index (χ4n) is 3.15. The van der Waals surface area contributed by atoms with Crippen LogP contribution in [0, 0.1) is 5.92 Å². The van der Waals surface area contributed by atoms with Crippen molar-refractivity contribution in [1.82, 2.24) is 9.80 Å². The Morgan fingerprint density at radius 3 is 2.16 bits per heavy atom. The first-order valence-electron chi connectivity index (χ1n) is 8.67. The number of carbonyl (C=O) groups excluding carboxylic acids is 3. The highest BCUT2D eigenvalue weighted by Crippen LogP contribution is 2.24. The molecule has 6 nitrogen and oxygen atoms in total. The molecule has 1 aromatic carbocycles. The summed E-state index contributed by atoms with van der Waals surface area (Å²) < 4.78 is 5.09. The van der Waals surface area contributed by atoms with E-state index in [-0.39, 0.29) is 43.5 Å². The lowest BCUT2D eigenvalue weighted by Crippen LogP contribution is -2.60. The molecule has 1 fully saturated rings. The summed E-state index contributed by atoms with van der Waals surface area (Å²) in [5.41, 5.74) is 0.975. The van der Waals surface area contributed by atoms with Crippen LogP contribution >= 0.6 is 0 Å². The van der Waals surface area contributed by atoms with Crippen LogP contribution < -0.4 is 0 Å². The van der Waals surface area contributed by atoms with E-state index in [9.17, 15) is 14.4 Å². The summed E-state index contributed by atoms with van der Waals surface area (Å²) >= 11 is 0. The van der Waals surface area contributed by atoms with Gasteiger partial charge in [0.2, 0.25) is 11.8 Å². The minimum absolute atomic E-state index is 0.0302. The van der Waals surface area contributed by atoms with Gasteiger partial charge in [0.25, 0.3) is 0 Å². The van der Waals surface area contributed by atoms with Gasteiger partial charge in [-0.25, -0.2) is 4.79 Å². The molecule has 1 saturated heterocycles. The quantitative estimate of drug-likeness (QED) is 0.739. The molecule has 1 aromatic rings. The van der Waals surface area contributed by atoms with Crippen LogP contribution in [0.15, 0.2) is 30.3 Å². The van der Waals surface area contributed by atoms with E-state index in [2.05, 4.69) is 0 Å². The van der Waals surface area contributed by atoms with Crippen LogP contribution in [-0.2, 0) is 19.1 Å². The molecule has 136 valence electrons. The lowest BCUT2D eigenvalue weighted by atomic mass is 10.00.